The Balaban J connectivity index is 1.52. The molecule has 1 aliphatic carbocycles. The molecule has 0 aliphatic heterocycles. The van der Waals surface area contributed by atoms with Crippen molar-refractivity contribution in [2.24, 2.45) is 0 Å². The molecule has 1 N–H and O–H groups in total. The van der Waals surface area contributed by atoms with Crippen molar-refractivity contribution >= 4 is 40.7 Å². The van der Waals surface area contributed by atoms with E-state index in [2.05, 4.69) is 10.3 Å². The molecular weight excluding hydrogens is 443 g/mol. The fourth-order valence-electron chi connectivity index (χ4n) is 3.37. The Hall–Kier alpha value is -2.27. The van der Waals surface area contributed by atoms with Crippen LogP contribution in [-0.4, -0.2) is 17.4 Å². The summed E-state index contributed by atoms with van der Waals surface area (Å²) in [6.07, 6.45) is 3.40. The SMILES string of the molecule is Cc1cccc(Oc2cnc(Cl)cc2C(=O)NCC2(c3ccc(Cl)c(Cl)c3)CC2)c1. The summed E-state index contributed by atoms with van der Waals surface area (Å²) >= 11 is 18.3. The molecule has 0 atom stereocenters. The summed E-state index contributed by atoms with van der Waals surface area (Å²) < 4.78 is 5.91. The van der Waals surface area contributed by atoms with Crippen molar-refractivity contribution in [1.82, 2.24) is 10.3 Å². The molecule has 1 aliphatic rings. The van der Waals surface area contributed by atoms with E-state index in [1.54, 1.807) is 6.07 Å². The van der Waals surface area contributed by atoms with Crippen molar-refractivity contribution in [3.05, 3.63) is 86.6 Å². The second-order valence-corrected chi connectivity index (χ2v) is 8.72. The topological polar surface area (TPSA) is 51.2 Å². The van der Waals surface area contributed by atoms with Crippen LogP contribution in [0.2, 0.25) is 15.2 Å². The molecular formula is C23H19Cl3N2O2. The summed E-state index contributed by atoms with van der Waals surface area (Å²) in [5, 5.41) is 4.28. The van der Waals surface area contributed by atoms with E-state index in [1.807, 2.05) is 43.3 Å². The van der Waals surface area contributed by atoms with E-state index in [0.717, 1.165) is 24.0 Å². The third-order valence-corrected chi connectivity index (χ3v) is 6.21. The number of hydrogen-bond acceptors (Lipinski definition) is 3. The molecule has 1 heterocycles. The van der Waals surface area contributed by atoms with Crippen LogP contribution in [0.25, 0.3) is 0 Å². The smallest absolute Gasteiger partial charge is 0.255 e. The summed E-state index contributed by atoms with van der Waals surface area (Å²) in [6.45, 7) is 2.45. The molecule has 4 rings (SSSR count). The number of aromatic nitrogens is 1. The highest BCUT2D eigenvalue weighted by Crippen LogP contribution is 2.48. The highest BCUT2D eigenvalue weighted by Gasteiger charge is 2.44. The van der Waals surface area contributed by atoms with E-state index in [-0.39, 0.29) is 16.5 Å². The van der Waals surface area contributed by atoms with Crippen LogP contribution in [0.1, 0.15) is 34.3 Å². The lowest BCUT2D eigenvalue weighted by atomic mass is 9.96. The Morgan fingerprint density at radius 3 is 2.60 bits per heavy atom. The van der Waals surface area contributed by atoms with E-state index >= 15 is 0 Å². The van der Waals surface area contributed by atoms with Gasteiger partial charge in [0, 0.05) is 12.0 Å². The average Bonchev–Trinajstić information content (AvgIpc) is 3.51. The number of ether oxygens (including phenoxy) is 1. The number of nitrogens with zero attached hydrogens (tertiary/aromatic N) is 1. The maximum atomic E-state index is 13.0. The number of rotatable bonds is 6. The van der Waals surface area contributed by atoms with Gasteiger partial charge in [0.25, 0.3) is 5.91 Å². The molecule has 0 spiro atoms. The zero-order valence-corrected chi connectivity index (χ0v) is 18.5. The summed E-state index contributed by atoms with van der Waals surface area (Å²) in [7, 11) is 0. The van der Waals surface area contributed by atoms with Crippen LogP contribution in [0.5, 0.6) is 11.5 Å². The summed E-state index contributed by atoms with van der Waals surface area (Å²) in [6, 6.07) is 14.7. The average molecular weight is 462 g/mol. The van der Waals surface area contributed by atoms with E-state index in [0.29, 0.717) is 33.7 Å². The van der Waals surface area contributed by atoms with Crippen LogP contribution in [0.4, 0.5) is 0 Å². The number of carbonyl (C=O) groups is 1. The molecule has 1 saturated carbocycles. The first-order chi connectivity index (χ1) is 14.4. The van der Waals surface area contributed by atoms with Gasteiger partial charge in [0.15, 0.2) is 5.75 Å². The van der Waals surface area contributed by atoms with Crippen LogP contribution in [0.15, 0.2) is 54.7 Å². The molecule has 30 heavy (non-hydrogen) atoms. The lowest BCUT2D eigenvalue weighted by molar-refractivity contribution is 0.0947. The van der Waals surface area contributed by atoms with Gasteiger partial charge in [-0.25, -0.2) is 4.98 Å². The third kappa shape index (κ3) is 4.56. The maximum Gasteiger partial charge on any atom is 0.255 e. The van der Waals surface area contributed by atoms with E-state index in [9.17, 15) is 4.79 Å². The van der Waals surface area contributed by atoms with Crippen LogP contribution in [0.3, 0.4) is 0 Å². The fourth-order valence-corrected chi connectivity index (χ4v) is 3.83. The van der Waals surface area contributed by atoms with Gasteiger partial charge in [0.1, 0.15) is 10.9 Å². The third-order valence-electron chi connectivity index (χ3n) is 5.27. The molecule has 2 aromatic carbocycles. The van der Waals surface area contributed by atoms with Crippen molar-refractivity contribution in [1.29, 1.82) is 0 Å². The van der Waals surface area contributed by atoms with Crippen LogP contribution < -0.4 is 10.1 Å². The molecule has 0 radical (unpaired) electrons. The highest BCUT2D eigenvalue weighted by molar-refractivity contribution is 6.42. The minimum absolute atomic E-state index is 0.127. The van der Waals surface area contributed by atoms with E-state index in [4.69, 9.17) is 39.5 Å². The van der Waals surface area contributed by atoms with Crippen molar-refractivity contribution in [2.75, 3.05) is 6.54 Å². The second kappa shape index (κ2) is 8.46. The first-order valence-corrected chi connectivity index (χ1v) is 10.6. The Bertz CT molecular complexity index is 1110. The van der Waals surface area contributed by atoms with Gasteiger partial charge in [-0.3, -0.25) is 4.79 Å². The molecule has 0 bridgehead atoms. The second-order valence-electron chi connectivity index (χ2n) is 7.51. The summed E-state index contributed by atoms with van der Waals surface area (Å²) in [5.41, 5.74) is 2.33. The van der Waals surface area contributed by atoms with E-state index in [1.165, 1.54) is 12.3 Å². The van der Waals surface area contributed by atoms with Gasteiger partial charge in [-0.2, -0.15) is 0 Å². The normalized spacial score (nSPS) is 14.3. The number of pyridine rings is 1. The molecule has 1 aromatic heterocycles. The van der Waals surface area contributed by atoms with Crippen molar-refractivity contribution in [2.45, 2.75) is 25.2 Å². The molecule has 3 aromatic rings. The summed E-state index contributed by atoms with van der Waals surface area (Å²) in [4.78, 5) is 17.0. The predicted octanol–water partition coefficient (Wildman–Crippen LogP) is 6.60. The first kappa shape index (κ1) is 21.0. The standard InChI is InChI=1S/C23H19Cl3N2O2/c1-14-3-2-4-16(9-14)30-20-12-27-21(26)11-17(20)22(29)28-13-23(7-8-23)15-5-6-18(24)19(25)10-15/h2-6,9-12H,7-8,13H2,1H3,(H,28,29). The Kier molecular flexibility index (Phi) is 5.92. The number of benzene rings is 2. The zero-order valence-electron chi connectivity index (χ0n) is 16.2. The fraction of sp³-hybridized carbons (Fsp3) is 0.217. The van der Waals surface area contributed by atoms with Gasteiger partial charge in [0.2, 0.25) is 0 Å². The largest absolute Gasteiger partial charge is 0.455 e. The predicted molar refractivity (Wildman–Crippen MR) is 120 cm³/mol. The Labute approximate surface area is 190 Å². The van der Waals surface area contributed by atoms with Gasteiger partial charge in [-0.1, -0.05) is 53.0 Å². The number of aryl methyl sites for hydroxylation is 1. The Morgan fingerprint density at radius 1 is 1.10 bits per heavy atom. The van der Waals surface area contributed by atoms with Gasteiger partial charge in [-0.15, -0.1) is 0 Å². The maximum absolute atomic E-state index is 13.0. The van der Waals surface area contributed by atoms with Gasteiger partial charge in [-0.05, 0) is 61.2 Å². The minimum Gasteiger partial charge on any atom is -0.455 e. The number of hydrogen-bond donors (Lipinski definition) is 1. The van der Waals surface area contributed by atoms with E-state index < -0.39 is 0 Å². The van der Waals surface area contributed by atoms with Gasteiger partial charge >= 0.3 is 0 Å². The van der Waals surface area contributed by atoms with Crippen molar-refractivity contribution < 1.29 is 9.53 Å². The molecule has 154 valence electrons. The van der Waals surface area contributed by atoms with Crippen LogP contribution in [0, 0.1) is 6.92 Å². The lowest BCUT2D eigenvalue weighted by Gasteiger charge is -2.18. The number of nitrogens with one attached hydrogen (secondary N) is 1. The molecule has 4 nitrogen and oxygen atoms in total. The molecule has 1 fully saturated rings. The lowest BCUT2D eigenvalue weighted by Crippen LogP contribution is -2.32. The highest BCUT2D eigenvalue weighted by atomic mass is 35.5. The van der Waals surface area contributed by atoms with Gasteiger partial charge < -0.3 is 10.1 Å². The number of carbonyl (C=O) groups excluding carboxylic acids is 1. The quantitative estimate of drug-likeness (QED) is 0.420. The van der Waals surface area contributed by atoms with Gasteiger partial charge in [0.05, 0.1) is 21.8 Å². The van der Waals surface area contributed by atoms with Crippen LogP contribution >= 0.6 is 34.8 Å². The van der Waals surface area contributed by atoms with Crippen molar-refractivity contribution in [3.63, 3.8) is 0 Å². The van der Waals surface area contributed by atoms with Crippen molar-refractivity contribution in [3.8, 4) is 11.5 Å². The Morgan fingerprint density at radius 2 is 1.90 bits per heavy atom. The monoisotopic (exact) mass is 460 g/mol. The molecule has 0 unspecified atom stereocenters. The molecule has 7 heteroatoms. The zero-order chi connectivity index (χ0) is 21.3. The number of amides is 1. The number of halogens is 3. The molecule has 1 amide bonds. The van der Waals surface area contributed by atoms with Crippen LogP contribution in [-0.2, 0) is 5.41 Å². The molecule has 0 saturated heterocycles. The first-order valence-electron chi connectivity index (χ1n) is 9.50. The minimum atomic E-state index is -0.270. The summed E-state index contributed by atoms with van der Waals surface area (Å²) in [5.74, 6) is 0.706.